The zero-order valence-electron chi connectivity index (χ0n) is 14.7. The number of benzene rings is 2. The van der Waals surface area contributed by atoms with Crippen LogP contribution in [0.15, 0.2) is 64.9 Å². The molecule has 0 fully saturated rings. The van der Waals surface area contributed by atoms with Gasteiger partial charge in [0.15, 0.2) is 0 Å². The summed E-state index contributed by atoms with van der Waals surface area (Å²) >= 11 is 1.37. The standard InChI is InChI=1S/C18H15N5O3S2/c1-12(24)19-14-7-9-15(10-8-14)28(25,26)22-17-20-18-23(21-17)16(11-27-18)13-5-3-2-4-6-13/h2-11H,1H3,(H,19,24)(H,21,22). The Hall–Kier alpha value is -3.24. The molecule has 0 atom stereocenters. The maximum Gasteiger partial charge on any atom is 0.264 e. The van der Waals surface area contributed by atoms with Crippen molar-refractivity contribution >= 4 is 43.9 Å². The molecule has 0 unspecified atom stereocenters. The molecule has 0 aliphatic carbocycles. The van der Waals surface area contributed by atoms with Gasteiger partial charge in [-0.15, -0.1) is 16.4 Å². The summed E-state index contributed by atoms with van der Waals surface area (Å²) in [5, 5.41) is 8.79. The van der Waals surface area contributed by atoms with Crippen LogP contribution in [0.1, 0.15) is 6.92 Å². The van der Waals surface area contributed by atoms with E-state index in [1.54, 1.807) is 4.52 Å². The highest BCUT2D eigenvalue weighted by molar-refractivity contribution is 7.92. The molecule has 2 heterocycles. The topological polar surface area (TPSA) is 105 Å². The van der Waals surface area contributed by atoms with E-state index in [0.29, 0.717) is 10.6 Å². The van der Waals surface area contributed by atoms with Crippen molar-refractivity contribution in [2.24, 2.45) is 0 Å². The predicted molar refractivity (Wildman–Crippen MR) is 108 cm³/mol. The van der Waals surface area contributed by atoms with E-state index in [-0.39, 0.29) is 16.8 Å². The fourth-order valence-corrected chi connectivity index (χ4v) is 4.40. The second-order valence-corrected chi connectivity index (χ2v) is 8.45. The van der Waals surface area contributed by atoms with Gasteiger partial charge in [-0.3, -0.25) is 4.79 Å². The first kappa shape index (κ1) is 18.1. The van der Waals surface area contributed by atoms with Crippen molar-refractivity contribution in [3.63, 3.8) is 0 Å². The van der Waals surface area contributed by atoms with E-state index in [1.165, 1.54) is 42.5 Å². The number of aromatic nitrogens is 3. The largest absolute Gasteiger partial charge is 0.326 e. The van der Waals surface area contributed by atoms with Crippen molar-refractivity contribution in [1.29, 1.82) is 0 Å². The highest BCUT2D eigenvalue weighted by atomic mass is 32.2. The molecule has 4 aromatic rings. The third-order valence-electron chi connectivity index (χ3n) is 3.86. The maximum absolute atomic E-state index is 12.6. The number of nitrogens with one attached hydrogen (secondary N) is 2. The summed E-state index contributed by atoms with van der Waals surface area (Å²) in [5.41, 5.74) is 2.31. The third-order valence-corrected chi connectivity index (χ3v) is 6.02. The average molecular weight is 413 g/mol. The van der Waals surface area contributed by atoms with Crippen LogP contribution >= 0.6 is 11.3 Å². The van der Waals surface area contributed by atoms with E-state index in [9.17, 15) is 13.2 Å². The van der Waals surface area contributed by atoms with Gasteiger partial charge in [-0.1, -0.05) is 30.3 Å². The summed E-state index contributed by atoms with van der Waals surface area (Å²) in [5.74, 6) is -0.236. The summed E-state index contributed by atoms with van der Waals surface area (Å²) in [6, 6.07) is 15.5. The van der Waals surface area contributed by atoms with E-state index in [0.717, 1.165) is 11.3 Å². The lowest BCUT2D eigenvalue weighted by molar-refractivity contribution is -0.114. The summed E-state index contributed by atoms with van der Waals surface area (Å²) in [6.45, 7) is 1.38. The first-order valence-corrected chi connectivity index (χ1v) is 10.6. The zero-order valence-corrected chi connectivity index (χ0v) is 16.3. The number of hydrogen-bond donors (Lipinski definition) is 2. The molecule has 8 nitrogen and oxygen atoms in total. The number of amides is 1. The number of carbonyl (C=O) groups excluding carboxylic acids is 1. The Morgan fingerprint density at radius 3 is 2.46 bits per heavy atom. The summed E-state index contributed by atoms with van der Waals surface area (Å²) in [7, 11) is -3.86. The predicted octanol–water partition coefficient (Wildman–Crippen LogP) is 3.22. The molecule has 0 radical (unpaired) electrons. The summed E-state index contributed by atoms with van der Waals surface area (Å²) in [6.07, 6.45) is 0. The van der Waals surface area contributed by atoms with Crippen LogP contribution < -0.4 is 10.0 Å². The maximum atomic E-state index is 12.6. The number of carbonyl (C=O) groups is 1. The lowest BCUT2D eigenvalue weighted by Gasteiger charge is -2.06. The van der Waals surface area contributed by atoms with Gasteiger partial charge in [-0.25, -0.2) is 17.7 Å². The normalized spacial score (nSPS) is 11.5. The first-order chi connectivity index (χ1) is 13.4. The molecule has 0 saturated heterocycles. The van der Waals surface area contributed by atoms with Crippen LogP contribution in [0, 0.1) is 0 Å². The van der Waals surface area contributed by atoms with Crippen molar-refractivity contribution in [2.45, 2.75) is 11.8 Å². The fourth-order valence-electron chi connectivity index (χ4n) is 2.63. The number of anilines is 2. The Balaban J connectivity index is 1.60. The molecule has 0 aliphatic rings. The Kier molecular flexibility index (Phi) is 4.57. The number of nitrogens with zero attached hydrogens (tertiary/aromatic N) is 3. The summed E-state index contributed by atoms with van der Waals surface area (Å²) in [4.78, 5) is 15.9. The van der Waals surface area contributed by atoms with Crippen molar-refractivity contribution in [3.05, 3.63) is 60.0 Å². The molecule has 10 heteroatoms. The molecule has 1 amide bonds. The number of fused-ring (bicyclic) bond motifs is 1. The SMILES string of the molecule is CC(=O)Nc1ccc(S(=O)(=O)Nc2nc3scc(-c4ccccc4)n3n2)cc1. The van der Waals surface area contributed by atoms with Crippen LogP contribution in [0.3, 0.4) is 0 Å². The Morgan fingerprint density at radius 1 is 1.07 bits per heavy atom. The minimum atomic E-state index is -3.86. The Morgan fingerprint density at radius 2 is 1.79 bits per heavy atom. The van der Waals surface area contributed by atoms with Crippen molar-refractivity contribution < 1.29 is 13.2 Å². The van der Waals surface area contributed by atoms with Crippen LogP contribution in [-0.4, -0.2) is 28.9 Å². The molecule has 142 valence electrons. The average Bonchev–Trinajstić information content (AvgIpc) is 3.22. The molecule has 0 bridgehead atoms. The van der Waals surface area contributed by atoms with Crippen molar-refractivity contribution in [1.82, 2.24) is 14.6 Å². The van der Waals surface area contributed by atoms with Crippen LogP contribution in [0.25, 0.3) is 16.2 Å². The molecule has 4 rings (SSSR count). The molecule has 2 aromatic heterocycles. The fraction of sp³-hybridized carbons (Fsp3) is 0.0556. The van der Waals surface area contributed by atoms with Gasteiger partial charge in [0.2, 0.25) is 10.9 Å². The molecule has 2 N–H and O–H groups in total. The van der Waals surface area contributed by atoms with Crippen LogP contribution in [0.2, 0.25) is 0 Å². The molecular formula is C18H15N5O3S2. The van der Waals surface area contributed by atoms with Gasteiger partial charge < -0.3 is 5.32 Å². The van der Waals surface area contributed by atoms with Gasteiger partial charge in [0.05, 0.1) is 10.6 Å². The minimum Gasteiger partial charge on any atom is -0.326 e. The van der Waals surface area contributed by atoms with E-state index in [2.05, 4.69) is 20.1 Å². The van der Waals surface area contributed by atoms with Crippen LogP contribution in [-0.2, 0) is 14.8 Å². The van der Waals surface area contributed by atoms with Crippen molar-refractivity contribution in [3.8, 4) is 11.3 Å². The van der Waals surface area contributed by atoms with E-state index < -0.39 is 10.0 Å². The molecule has 0 aliphatic heterocycles. The smallest absolute Gasteiger partial charge is 0.264 e. The van der Waals surface area contributed by atoms with E-state index in [1.807, 2.05) is 35.7 Å². The third kappa shape index (κ3) is 3.59. The van der Waals surface area contributed by atoms with E-state index >= 15 is 0 Å². The Labute approximate surface area is 164 Å². The number of rotatable bonds is 5. The number of hydrogen-bond acceptors (Lipinski definition) is 6. The van der Waals surface area contributed by atoms with Crippen LogP contribution in [0.5, 0.6) is 0 Å². The second-order valence-electron chi connectivity index (χ2n) is 5.93. The molecule has 0 saturated carbocycles. The molecule has 28 heavy (non-hydrogen) atoms. The highest BCUT2D eigenvalue weighted by Crippen LogP contribution is 2.26. The van der Waals surface area contributed by atoms with Gasteiger partial charge in [-0.2, -0.15) is 4.98 Å². The second kappa shape index (κ2) is 7.06. The number of thiazole rings is 1. The van der Waals surface area contributed by atoms with Gasteiger partial charge in [0.25, 0.3) is 16.0 Å². The number of sulfonamides is 1. The van der Waals surface area contributed by atoms with Gasteiger partial charge in [0, 0.05) is 23.6 Å². The first-order valence-electron chi connectivity index (χ1n) is 8.22. The summed E-state index contributed by atoms with van der Waals surface area (Å²) < 4.78 is 29.2. The zero-order chi connectivity index (χ0) is 19.7. The van der Waals surface area contributed by atoms with Gasteiger partial charge >= 0.3 is 0 Å². The monoisotopic (exact) mass is 413 g/mol. The van der Waals surface area contributed by atoms with Gasteiger partial charge in [-0.05, 0) is 24.3 Å². The molecule has 2 aromatic carbocycles. The van der Waals surface area contributed by atoms with Crippen LogP contribution in [0.4, 0.5) is 11.6 Å². The quantitative estimate of drug-likeness (QED) is 0.523. The minimum absolute atomic E-state index is 0.00466. The Bertz CT molecular complexity index is 1250. The lowest BCUT2D eigenvalue weighted by atomic mass is 10.2. The van der Waals surface area contributed by atoms with Crippen molar-refractivity contribution in [2.75, 3.05) is 10.0 Å². The molecule has 0 spiro atoms. The highest BCUT2D eigenvalue weighted by Gasteiger charge is 2.19. The molecular weight excluding hydrogens is 398 g/mol. The lowest BCUT2D eigenvalue weighted by Crippen LogP contribution is -2.14. The van der Waals surface area contributed by atoms with E-state index in [4.69, 9.17) is 0 Å². The van der Waals surface area contributed by atoms with Gasteiger partial charge in [0.1, 0.15) is 0 Å².